The molecule has 6 heterocycles. The number of nitrogens with zero attached hydrogens (tertiary/aromatic N) is 4. The number of anilines is 2. The van der Waals surface area contributed by atoms with Crippen LogP contribution >= 0.6 is 22.9 Å². The Bertz CT molecular complexity index is 2630. The Labute approximate surface area is 385 Å². The highest BCUT2D eigenvalue weighted by atomic mass is 35.5. The lowest BCUT2D eigenvalue weighted by molar-refractivity contribution is -0.147. The van der Waals surface area contributed by atoms with Crippen LogP contribution in [0.5, 0.6) is 11.5 Å². The lowest BCUT2D eigenvalue weighted by atomic mass is 9.86. The van der Waals surface area contributed by atoms with Gasteiger partial charge in [0.1, 0.15) is 23.1 Å². The highest BCUT2D eigenvalue weighted by Gasteiger charge is 2.46. The van der Waals surface area contributed by atoms with Crippen molar-refractivity contribution < 1.29 is 33.4 Å². The number of nitrogens with one attached hydrogen (secondary N) is 4. The Morgan fingerprint density at radius 3 is 2.54 bits per heavy atom. The molecule has 5 amide bonds. The number of fused-ring (bicyclic) bond motifs is 2. The molecule has 5 aromatic rings. The van der Waals surface area contributed by atoms with Gasteiger partial charge in [-0.25, -0.2) is 4.98 Å². The summed E-state index contributed by atoms with van der Waals surface area (Å²) in [6.07, 6.45) is 6.91. The zero-order chi connectivity index (χ0) is 45.1. The fourth-order valence-electron chi connectivity index (χ4n) is 9.40. The molecular formula is C48H51ClN8O7S. The third-order valence-electron chi connectivity index (χ3n) is 13.0. The maximum absolute atomic E-state index is 14.3. The van der Waals surface area contributed by atoms with Crippen molar-refractivity contribution in [3.05, 3.63) is 95.3 Å². The maximum Gasteiger partial charge on any atom is 0.264 e. The van der Waals surface area contributed by atoms with E-state index in [0.29, 0.717) is 59.7 Å². The summed E-state index contributed by atoms with van der Waals surface area (Å²) in [4.78, 5) is 78.1. The van der Waals surface area contributed by atoms with Crippen LogP contribution in [0.15, 0.2) is 79.1 Å². The van der Waals surface area contributed by atoms with Crippen molar-refractivity contribution >= 4 is 74.1 Å². The van der Waals surface area contributed by atoms with Crippen LogP contribution < -0.4 is 35.6 Å². The van der Waals surface area contributed by atoms with Gasteiger partial charge in [0.25, 0.3) is 5.91 Å². The summed E-state index contributed by atoms with van der Waals surface area (Å²) < 4.78 is 13.7. The molecule has 9 rings (SSSR count). The second-order valence-electron chi connectivity index (χ2n) is 17.1. The van der Waals surface area contributed by atoms with E-state index in [1.54, 1.807) is 24.2 Å². The van der Waals surface area contributed by atoms with Crippen molar-refractivity contribution in [1.29, 1.82) is 0 Å². The molecule has 0 saturated carbocycles. The van der Waals surface area contributed by atoms with E-state index in [0.717, 1.165) is 64.5 Å². The average Bonchev–Trinajstić information content (AvgIpc) is 3.77. The lowest BCUT2D eigenvalue weighted by Crippen LogP contribution is -2.58. The van der Waals surface area contributed by atoms with Crippen molar-refractivity contribution in [3.8, 4) is 22.1 Å². The fourth-order valence-corrected chi connectivity index (χ4v) is 10.7. The smallest absolute Gasteiger partial charge is 0.264 e. The first-order valence-corrected chi connectivity index (χ1v) is 23.4. The van der Waals surface area contributed by atoms with Gasteiger partial charge in [-0.15, -0.1) is 11.3 Å². The van der Waals surface area contributed by atoms with E-state index in [4.69, 9.17) is 26.1 Å². The van der Waals surface area contributed by atoms with Crippen LogP contribution in [0.4, 0.5) is 11.4 Å². The summed E-state index contributed by atoms with van der Waals surface area (Å²) in [7, 11) is 1.58. The summed E-state index contributed by atoms with van der Waals surface area (Å²) in [5.41, 5.74) is 3.41. The van der Waals surface area contributed by atoms with Gasteiger partial charge in [-0.2, -0.15) is 0 Å². The predicted octanol–water partition coefficient (Wildman–Crippen LogP) is 6.03. The Morgan fingerprint density at radius 1 is 0.938 bits per heavy atom. The molecule has 2 atom stereocenters. The van der Waals surface area contributed by atoms with Gasteiger partial charge < -0.3 is 35.2 Å². The molecule has 17 heteroatoms. The maximum atomic E-state index is 14.3. The van der Waals surface area contributed by atoms with Crippen LogP contribution in [-0.2, 0) is 24.0 Å². The zero-order valence-corrected chi connectivity index (χ0v) is 37.6. The number of carbonyl (C=O) groups excluding carboxylic acids is 5. The summed E-state index contributed by atoms with van der Waals surface area (Å²) >= 11 is 7.93. The summed E-state index contributed by atoms with van der Waals surface area (Å²) in [5.74, 6) is -0.607. The number of pyridine rings is 1. The molecule has 3 aromatic carbocycles. The fraction of sp³-hybridized carbons (Fsp3) is 0.396. The number of likely N-dealkylation sites (N-methyl/N-ethyl adjacent to an activating group) is 1. The third kappa shape index (κ3) is 9.51. The van der Waals surface area contributed by atoms with Gasteiger partial charge in [0.05, 0.1) is 44.5 Å². The van der Waals surface area contributed by atoms with Crippen LogP contribution in [0.1, 0.15) is 67.9 Å². The van der Waals surface area contributed by atoms with Gasteiger partial charge in [0.15, 0.2) is 5.60 Å². The first-order chi connectivity index (χ1) is 31.6. The number of likely N-dealkylation sites (tertiary alicyclic amines) is 1. The molecule has 2 aromatic heterocycles. The monoisotopic (exact) mass is 918 g/mol. The van der Waals surface area contributed by atoms with Gasteiger partial charge in [-0.3, -0.25) is 34.3 Å². The van der Waals surface area contributed by atoms with Gasteiger partial charge in [0.2, 0.25) is 23.6 Å². The van der Waals surface area contributed by atoms with Crippen LogP contribution in [0.25, 0.3) is 20.8 Å². The quantitative estimate of drug-likeness (QED) is 0.0800. The van der Waals surface area contributed by atoms with Crippen molar-refractivity contribution in [2.24, 2.45) is 5.92 Å². The number of thiazole rings is 1. The van der Waals surface area contributed by atoms with E-state index in [1.807, 2.05) is 66.9 Å². The highest BCUT2D eigenvalue weighted by molar-refractivity contribution is 7.22. The molecule has 0 aliphatic carbocycles. The minimum absolute atomic E-state index is 0.00456. The Balaban J connectivity index is 0.776. The SMILES string of the molecule is CNC(=O)C1(Oc2ccccc2-c2nc3cccc(Cl)c3s2)CCN(C(=O)[C@H]2CC(=O)Nc3ccc(OCCNCC4CCN(c5cncc(C6CCC(=O)NC6=O)c5)CC4)cc32)CC1. The topological polar surface area (TPSA) is 184 Å². The van der Waals surface area contributed by atoms with Gasteiger partial charge in [-0.05, 0) is 91.4 Å². The predicted molar refractivity (Wildman–Crippen MR) is 248 cm³/mol. The molecule has 0 spiro atoms. The van der Waals surface area contributed by atoms with Crippen LogP contribution in [0.3, 0.4) is 0 Å². The van der Waals surface area contributed by atoms with Crippen LogP contribution in [-0.4, -0.2) is 103 Å². The summed E-state index contributed by atoms with van der Waals surface area (Å²) in [6.45, 7) is 4.19. The number of piperidine rings is 3. The molecule has 4 aliphatic rings. The number of halogens is 1. The molecular weight excluding hydrogens is 868 g/mol. The van der Waals surface area contributed by atoms with Crippen LogP contribution in [0, 0.1) is 5.92 Å². The number of amides is 5. The minimum Gasteiger partial charge on any atom is -0.492 e. The summed E-state index contributed by atoms with van der Waals surface area (Å²) in [6, 6.07) is 20.6. The Morgan fingerprint density at radius 2 is 1.75 bits per heavy atom. The second kappa shape index (κ2) is 19.2. The first kappa shape index (κ1) is 44.1. The molecule has 0 radical (unpaired) electrons. The number of carbonyl (C=O) groups is 5. The van der Waals surface area contributed by atoms with Crippen molar-refractivity contribution in [2.45, 2.75) is 62.4 Å². The van der Waals surface area contributed by atoms with Crippen molar-refractivity contribution in [3.63, 3.8) is 0 Å². The number of aromatic nitrogens is 2. The second-order valence-corrected chi connectivity index (χ2v) is 18.5. The molecule has 3 fully saturated rings. The number of imide groups is 1. The van der Waals surface area contributed by atoms with E-state index in [9.17, 15) is 24.0 Å². The van der Waals surface area contributed by atoms with Gasteiger partial charge >= 0.3 is 0 Å². The highest BCUT2D eigenvalue weighted by Crippen LogP contribution is 2.42. The summed E-state index contributed by atoms with van der Waals surface area (Å²) in [5, 5.41) is 13.0. The zero-order valence-electron chi connectivity index (χ0n) is 36.1. The normalized spacial score (nSPS) is 19.9. The molecule has 4 N–H and O–H groups in total. The molecule has 1 unspecified atom stereocenters. The van der Waals surface area contributed by atoms with Gasteiger partial charge in [0, 0.05) is 77.3 Å². The van der Waals surface area contributed by atoms with Crippen LogP contribution in [0.2, 0.25) is 5.02 Å². The number of ether oxygens (including phenoxy) is 2. The van der Waals surface area contributed by atoms with Crippen molar-refractivity contribution in [2.75, 3.05) is 63.1 Å². The molecule has 3 saturated heterocycles. The van der Waals surface area contributed by atoms with E-state index < -0.39 is 11.5 Å². The average molecular weight is 920 g/mol. The largest absolute Gasteiger partial charge is 0.492 e. The number of para-hydroxylation sites is 1. The minimum atomic E-state index is -1.24. The molecule has 65 heavy (non-hydrogen) atoms. The molecule has 15 nitrogen and oxygen atoms in total. The van der Waals surface area contributed by atoms with Crippen molar-refractivity contribution in [1.82, 2.24) is 30.8 Å². The number of benzene rings is 3. The van der Waals surface area contributed by atoms with Gasteiger partial charge in [-0.1, -0.05) is 29.8 Å². The van der Waals surface area contributed by atoms with E-state index in [-0.39, 0.29) is 67.8 Å². The standard InChI is InChI=1S/C48H51ClN8O7S/c1-50-47(62)48(64-40-8-3-2-5-34(40)45-54-39-7-4-6-37(49)43(39)65-45)15-20-57(21-16-48)46(61)36-25-42(59)53-38-11-9-32(24-35(36)38)63-22-17-51-26-29-13-18-56(19-14-29)31-23-30(27-52-28-31)33-10-12-41(58)55-44(33)60/h2-9,11,23-24,27-29,33,36,51H,10,12-22,25-26H2,1H3,(H,50,62)(H,53,59)(H,55,58,60)/t33?,36-/m0/s1. The first-order valence-electron chi connectivity index (χ1n) is 22.2. The van der Waals surface area contributed by atoms with E-state index >= 15 is 0 Å². The Hall–Kier alpha value is -6.10. The third-order valence-corrected chi connectivity index (χ3v) is 14.6. The number of hydrogen-bond acceptors (Lipinski definition) is 12. The number of hydrogen-bond donors (Lipinski definition) is 4. The number of rotatable bonds is 13. The molecule has 338 valence electrons. The van der Waals surface area contributed by atoms with E-state index in [1.165, 1.54) is 11.3 Å². The Kier molecular flexibility index (Phi) is 13.0. The molecule has 4 aliphatic heterocycles. The van der Waals surface area contributed by atoms with E-state index in [2.05, 4.69) is 31.2 Å². The molecule has 0 bridgehead atoms. The lowest BCUT2D eigenvalue weighted by Gasteiger charge is -2.42.